The summed E-state index contributed by atoms with van der Waals surface area (Å²) in [6.07, 6.45) is 1.86. The molecule has 0 saturated carbocycles. The van der Waals surface area contributed by atoms with Crippen LogP contribution in [0.5, 0.6) is 0 Å². The highest BCUT2D eigenvalue weighted by Gasteiger charge is 1.86. The first-order valence-corrected chi connectivity index (χ1v) is 3.30. The summed E-state index contributed by atoms with van der Waals surface area (Å²) in [6.45, 7) is 5.52. The lowest BCUT2D eigenvalue weighted by Gasteiger charge is -1.97. The van der Waals surface area contributed by atoms with Crippen LogP contribution in [0.2, 0.25) is 0 Å². The quantitative estimate of drug-likeness (QED) is 0.493. The van der Waals surface area contributed by atoms with Gasteiger partial charge in [0, 0.05) is 11.1 Å². The number of thioether (sulfide) groups is 1. The average molecular weight is 154 g/mol. The van der Waals surface area contributed by atoms with E-state index < -0.39 is 0 Å². The molecule has 0 radical (unpaired) electrons. The van der Waals surface area contributed by atoms with Crippen molar-refractivity contribution >= 4 is 24.2 Å². The van der Waals surface area contributed by atoms with Gasteiger partial charge in [-0.2, -0.15) is 0 Å². The zero-order valence-corrected chi connectivity index (χ0v) is 6.60. The Labute approximate surface area is 61.1 Å². The summed E-state index contributed by atoms with van der Waals surface area (Å²) in [5.41, 5.74) is 5.39. The summed E-state index contributed by atoms with van der Waals surface area (Å²) in [4.78, 5) is 0. The van der Waals surface area contributed by atoms with Gasteiger partial charge in [-0.25, -0.2) is 0 Å². The largest absolute Gasteiger partial charge is 0.320 e. The van der Waals surface area contributed by atoms with Crippen LogP contribution < -0.4 is 5.73 Å². The molecule has 50 valence electrons. The first-order valence-electron chi connectivity index (χ1n) is 2.25. The van der Waals surface area contributed by atoms with Gasteiger partial charge in [-0.3, -0.25) is 0 Å². The molecule has 0 bridgehead atoms. The summed E-state index contributed by atoms with van der Waals surface area (Å²) < 4.78 is 0. The minimum atomic E-state index is 0. The van der Waals surface area contributed by atoms with Crippen LogP contribution in [-0.4, -0.2) is 11.1 Å². The fourth-order valence-electron chi connectivity index (χ4n) is 0.220. The van der Waals surface area contributed by atoms with E-state index in [9.17, 15) is 0 Å². The molecule has 0 heterocycles. The van der Waals surface area contributed by atoms with Crippen LogP contribution >= 0.6 is 24.2 Å². The molecule has 0 aliphatic heterocycles. The van der Waals surface area contributed by atoms with E-state index in [2.05, 4.69) is 6.58 Å². The van der Waals surface area contributed by atoms with Crippen LogP contribution in [0.4, 0.5) is 0 Å². The molecule has 0 fully saturated rings. The third-order valence-electron chi connectivity index (χ3n) is 0.477. The van der Waals surface area contributed by atoms with Gasteiger partial charge in [0.15, 0.2) is 0 Å². The molecule has 0 aliphatic carbocycles. The van der Waals surface area contributed by atoms with Gasteiger partial charge in [-0.1, -0.05) is 6.08 Å². The monoisotopic (exact) mass is 153 g/mol. The summed E-state index contributed by atoms with van der Waals surface area (Å²) in [5.74, 6) is 0.956. The molecule has 0 aromatic rings. The maximum absolute atomic E-state index is 5.39. The van der Waals surface area contributed by atoms with Crippen LogP contribution in [0.3, 0.4) is 0 Å². The predicted octanol–water partition coefficient (Wildman–Crippen LogP) is 1.63. The zero-order valence-electron chi connectivity index (χ0n) is 4.96. The van der Waals surface area contributed by atoms with Crippen molar-refractivity contribution in [2.45, 2.75) is 12.3 Å². The lowest BCUT2D eigenvalue weighted by Crippen LogP contribution is -2.09. The van der Waals surface area contributed by atoms with Crippen LogP contribution in [0.1, 0.15) is 6.92 Å². The average Bonchev–Trinajstić information content (AvgIpc) is 1.61. The lowest BCUT2D eigenvalue weighted by molar-refractivity contribution is 1.05. The van der Waals surface area contributed by atoms with Crippen molar-refractivity contribution in [3.63, 3.8) is 0 Å². The van der Waals surface area contributed by atoms with Crippen LogP contribution in [0.15, 0.2) is 12.7 Å². The van der Waals surface area contributed by atoms with E-state index in [1.807, 2.05) is 13.0 Å². The second kappa shape index (κ2) is 7.34. The Balaban J connectivity index is 0. The maximum atomic E-state index is 5.39. The van der Waals surface area contributed by atoms with E-state index in [0.29, 0.717) is 0 Å². The fourth-order valence-corrected chi connectivity index (χ4v) is 0.659. The number of hydrogen-bond donors (Lipinski definition) is 1. The van der Waals surface area contributed by atoms with Crippen molar-refractivity contribution < 1.29 is 0 Å². The van der Waals surface area contributed by atoms with Gasteiger partial charge < -0.3 is 5.73 Å². The maximum Gasteiger partial charge on any atom is 0.0481 e. The Hall–Kier alpha value is 0.340. The summed E-state index contributed by atoms with van der Waals surface area (Å²) in [5, 5.41) is 0.248. The predicted molar refractivity (Wildman–Crippen MR) is 43.6 cm³/mol. The molecule has 0 rings (SSSR count). The number of rotatable bonds is 3. The Bertz CT molecular complexity index is 56.4. The van der Waals surface area contributed by atoms with Gasteiger partial charge in [0.05, 0.1) is 0 Å². The van der Waals surface area contributed by atoms with E-state index in [4.69, 9.17) is 5.73 Å². The Morgan fingerprint density at radius 1 is 1.88 bits per heavy atom. The van der Waals surface area contributed by atoms with E-state index in [1.165, 1.54) is 0 Å². The molecule has 2 N–H and O–H groups in total. The second-order valence-electron chi connectivity index (χ2n) is 1.33. The van der Waals surface area contributed by atoms with Gasteiger partial charge in [0.1, 0.15) is 0 Å². The van der Waals surface area contributed by atoms with Gasteiger partial charge in [-0.15, -0.1) is 30.7 Å². The normalized spacial score (nSPS) is 11.8. The Kier molecular flexibility index (Phi) is 10.3. The molecule has 0 aromatic heterocycles. The van der Waals surface area contributed by atoms with Crippen LogP contribution in [0, 0.1) is 0 Å². The van der Waals surface area contributed by atoms with Crippen molar-refractivity contribution in [2.24, 2.45) is 5.73 Å². The Morgan fingerprint density at radius 3 is 2.50 bits per heavy atom. The molecule has 0 saturated heterocycles. The van der Waals surface area contributed by atoms with E-state index in [-0.39, 0.29) is 17.8 Å². The molecule has 1 nitrogen and oxygen atoms in total. The fraction of sp³-hybridized carbons (Fsp3) is 0.600. The van der Waals surface area contributed by atoms with Crippen molar-refractivity contribution in [3.8, 4) is 0 Å². The van der Waals surface area contributed by atoms with Gasteiger partial charge in [0.2, 0.25) is 0 Å². The minimum absolute atomic E-state index is 0. The molecule has 0 aromatic carbocycles. The van der Waals surface area contributed by atoms with E-state index in [1.54, 1.807) is 11.8 Å². The molecular weight excluding hydrogens is 142 g/mol. The van der Waals surface area contributed by atoms with Crippen molar-refractivity contribution in [1.29, 1.82) is 0 Å². The summed E-state index contributed by atoms with van der Waals surface area (Å²) >= 11 is 1.69. The highest BCUT2D eigenvalue weighted by Crippen LogP contribution is 2.02. The molecule has 1 atom stereocenters. The standard InChI is InChI=1S/C5H11NS.ClH/c1-3-4-7-5(2)6;/h3,5H,1,4,6H2,2H3;1H. The van der Waals surface area contributed by atoms with Gasteiger partial charge in [-0.05, 0) is 6.92 Å². The smallest absolute Gasteiger partial charge is 0.0481 e. The molecule has 3 heteroatoms. The molecule has 0 aliphatic rings. The topological polar surface area (TPSA) is 26.0 Å². The zero-order chi connectivity index (χ0) is 5.70. The third-order valence-corrected chi connectivity index (χ3v) is 1.43. The van der Waals surface area contributed by atoms with Crippen molar-refractivity contribution in [1.82, 2.24) is 0 Å². The van der Waals surface area contributed by atoms with Crippen LogP contribution in [-0.2, 0) is 0 Å². The SMILES string of the molecule is C=CCSC(C)N.Cl. The molecular formula is C5H12ClNS. The lowest BCUT2D eigenvalue weighted by atomic mass is 10.8. The van der Waals surface area contributed by atoms with Gasteiger partial charge >= 0.3 is 0 Å². The molecule has 1 unspecified atom stereocenters. The van der Waals surface area contributed by atoms with Crippen LogP contribution in [0.25, 0.3) is 0 Å². The summed E-state index contributed by atoms with van der Waals surface area (Å²) in [7, 11) is 0. The van der Waals surface area contributed by atoms with Crippen molar-refractivity contribution in [2.75, 3.05) is 5.75 Å². The molecule has 8 heavy (non-hydrogen) atoms. The number of nitrogens with two attached hydrogens (primary N) is 1. The minimum Gasteiger partial charge on any atom is -0.320 e. The van der Waals surface area contributed by atoms with E-state index >= 15 is 0 Å². The first kappa shape index (κ1) is 11.2. The van der Waals surface area contributed by atoms with Gasteiger partial charge in [0.25, 0.3) is 0 Å². The Morgan fingerprint density at radius 2 is 2.38 bits per heavy atom. The highest BCUT2D eigenvalue weighted by atomic mass is 35.5. The second-order valence-corrected chi connectivity index (χ2v) is 2.74. The summed E-state index contributed by atoms with van der Waals surface area (Å²) in [6, 6.07) is 0. The number of halogens is 1. The third kappa shape index (κ3) is 9.60. The van der Waals surface area contributed by atoms with Crippen molar-refractivity contribution in [3.05, 3.63) is 12.7 Å². The molecule has 0 amide bonds. The highest BCUT2D eigenvalue weighted by molar-refractivity contribution is 7.99. The first-order chi connectivity index (χ1) is 3.27. The molecule has 0 spiro atoms. The van der Waals surface area contributed by atoms with E-state index in [0.717, 1.165) is 5.75 Å². The number of hydrogen-bond acceptors (Lipinski definition) is 2.